The Morgan fingerprint density at radius 1 is 0.698 bits per heavy atom. The lowest BCUT2D eigenvalue weighted by molar-refractivity contribution is -0.132. The van der Waals surface area contributed by atoms with Crippen molar-refractivity contribution in [1.82, 2.24) is 36.2 Å². The molecule has 0 saturated heterocycles. The molecule has 2 saturated carbocycles. The number of halogens is 6. The second-order valence-electron chi connectivity index (χ2n) is 11.6. The molecule has 0 aliphatic heterocycles. The molecule has 3 amide bonds. The topological polar surface area (TPSA) is 189 Å². The molecule has 13 nitrogen and oxygen atoms in total. The van der Waals surface area contributed by atoms with Crippen LogP contribution in [0.25, 0.3) is 0 Å². The van der Waals surface area contributed by atoms with Crippen LogP contribution in [0.4, 0.5) is 29.5 Å². The summed E-state index contributed by atoms with van der Waals surface area (Å²) in [7, 11) is 0. The van der Waals surface area contributed by atoms with Crippen molar-refractivity contribution in [3.63, 3.8) is 0 Å². The first-order valence-electron chi connectivity index (χ1n) is 16.4. The first-order chi connectivity index (χ1) is 25.4. The normalized spacial score (nSPS) is 14.8. The van der Waals surface area contributed by atoms with E-state index in [9.17, 15) is 31.9 Å². The van der Waals surface area contributed by atoms with Gasteiger partial charge >= 0.3 is 12.3 Å². The number of anilines is 2. The van der Waals surface area contributed by atoms with E-state index in [1.54, 1.807) is 29.7 Å². The predicted molar refractivity (Wildman–Crippen MR) is 190 cm³/mol. The number of hydrazine groups is 2. The van der Waals surface area contributed by atoms with Crippen LogP contribution < -0.4 is 32.8 Å². The Balaban J connectivity index is 0.000000230. The van der Waals surface area contributed by atoms with Gasteiger partial charge in [0, 0.05) is 35.9 Å². The number of amides is 3. The fraction of sp³-hybridized carbons (Fsp3) is 0.324. The molecule has 2 fully saturated rings. The SMILES string of the molecule is CC.NNC(=O)c1cnc(NC2(c3cccc(Cl)c3F)CCC2)nc1.O=C(NNC(=O)C(F)F)c1cnc(NC2(c3cccc(Cl)c3F)CCC2)nc1. The van der Waals surface area contributed by atoms with E-state index in [2.05, 4.69) is 30.6 Å². The summed E-state index contributed by atoms with van der Waals surface area (Å²) in [5.74, 6) is 1.62. The Morgan fingerprint density at radius 3 is 1.43 bits per heavy atom. The minimum absolute atomic E-state index is 0.0179. The minimum Gasteiger partial charge on any atom is -0.345 e. The summed E-state index contributed by atoms with van der Waals surface area (Å²) in [5.41, 5.74) is 5.22. The van der Waals surface area contributed by atoms with Gasteiger partial charge in [0.2, 0.25) is 11.9 Å². The molecular formula is C34H36Cl2F4N10O3. The van der Waals surface area contributed by atoms with Gasteiger partial charge in [-0.05, 0) is 50.7 Å². The maximum Gasteiger partial charge on any atom is 0.317 e. The van der Waals surface area contributed by atoms with E-state index in [-0.39, 0.29) is 27.1 Å². The van der Waals surface area contributed by atoms with Crippen molar-refractivity contribution < 1.29 is 31.9 Å². The van der Waals surface area contributed by atoms with E-state index in [1.807, 2.05) is 24.7 Å². The smallest absolute Gasteiger partial charge is 0.317 e. The zero-order valence-corrected chi connectivity index (χ0v) is 30.0. The van der Waals surface area contributed by atoms with Gasteiger partial charge in [0.05, 0.1) is 32.3 Å². The summed E-state index contributed by atoms with van der Waals surface area (Å²) in [6.45, 7) is 4.00. The van der Waals surface area contributed by atoms with E-state index in [0.717, 1.165) is 38.1 Å². The van der Waals surface area contributed by atoms with Gasteiger partial charge in [-0.2, -0.15) is 8.78 Å². The molecule has 0 atom stereocenters. The molecule has 0 spiro atoms. The number of hydrogen-bond acceptors (Lipinski definition) is 10. The van der Waals surface area contributed by atoms with E-state index in [4.69, 9.17) is 29.0 Å². The van der Waals surface area contributed by atoms with Gasteiger partial charge in [0.1, 0.15) is 11.6 Å². The molecule has 2 aliphatic rings. The van der Waals surface area contributed by atoms with Gasteiger partial charge in [-0.3, -0.25) is 30.7 Å². The molecule has 4 aromatic rings. The molecule has 2 aromatic carbocycles. The highest BCUT2D eigenvalue weighted by atomic mass is 35.5. The van der Waals surface area contributed by atoms with Crippen LogP contribution in [0, 0.1) is 11.6 Å². The zero-order chi connectivity index (χ0) is 38.8. The maximum atomic E-state index is 14.4. The number of benzene rings is 2. The monoisotopic (exact) mass is 778 g/mol. The van der Waals surface area contributed by atoms with Crippen molar-refractivity contribution in [2.75, 3.05) is 10.6 Å². The number of nitrogens with one attached hydrogen (secondary N) is 5. The minimum atomic E-state index is -3.26. The average Bonchev–Trinajstić information content (AvgIpc) is 3.14. The fourth-order valence-corrected chi connectivity index (χ4v) is 5.86. The second-order valence-corrected chi connectivity index (χ2v) is 12.4. The Kier molecular flexibility index (Phi) is 13.9. The Labute approximate surface area is 311 Å². The third-order valence-corrected chi connectivity index (χ3v) is 9.09. The number of carbonyl (C=O) groups is 3. The van der Waals surface area contributed by atoms with Gasteiger partial charge in [-0.1, -0.05) is 61.3 Å². The van der Waals surface area contributed by atoms with Crippen LogP contribution in [0.2, 0.25) is 10.0 Å². The number of alkyl halides is 2. The number of rotatable bonds is 9. The maximum absolute atomic E-state index is 14.4. The largest absolute Gasteiger partial charge is 0.345 e. The molecule has 0 unspecified atom stereocenters. The number of hydrogen-bond donors (Lipinski definition) is 6. The van der Waals surface area contributed by atoms with Crippen LogP contribution in [-0.2, 0) is 15.9 Å². The standard InChI is InChI=1S/C17H15ClF3N5O2.C15H15ClFN5O.C2H6/c18-11-4-1-3-10(12(11)19)17(5-2-6-17)24-16-22-7-9(8-23-16)14(27)25-26-15(28)13(20)21;16-11-4-1-3-10(12(11)17)15(5-2-6-15)21-14-19-7-9(8-20-14)13(23)22-18;1-2/h1,3-4,7-8,13H,2,5-6H2,(H,25,27)(H,26,28)(H,22,23,24);1,3-4,7-8H,2,5-6,18H2,(H,22,23)(H,19,20,21);1-2H3. The molecule has 0 radical (unpaired) electrons. The predicted octanol–water partition coefficient (Wildman–Crippen LogP) is 6.18. The molecule has 2 aromatic heterocycles. The highest BCUT2D eigenvalue weighted by molar-refractivity contribution is 6.31. The van der Waals surface area contributed by atoms with Gasteiger partial charge in [-0.15, -0.1) is 0 Å². The van der Waals surface area contributed by atoms with Crippen LogP contribution >= 0.6 is 23.2 Å². The fourth-order valence-electron chi connectivity index (χ4n) is 5.51. The number of carbonyl (C=O) groups excluding carboxylic acids is 3. The number of nitrogen functional groups attached to an aromatic ring is 1. The van der Waals surface area contributed by atoms with Crippen molar-refractivity contribution >= 4 is 52.8 Å². The van der Waals surface area contributed by atoms with Crippen LogP contribution in [0.3, 0.4) is 0 Å². The summed E-state index contributed by atoms with van der Waals surface area (Å²) in [4.78, 5) is 50.2. The molecule has 282 valence electrons. The average molecular weight is 780 g/mol. The molecule has 6 rings (SSSR count). The summed E-state index contributed by atoms with van der Waals surface area (Å²) >= 11 is 11.8. The number of nitrogens with zero attached hydrogens (tertiary/aromatic N) is 4. The lowest BCUT2D eigenvalue weighted by atomic mass is 9.71. The van der Waals surface area contributed by atoms with Crippen LogP contribution in [-0.4, -0.2) is 44.1 Å². The van der Waals surface area contributed by atoms with E-state index >= 15 is 0 Å². The Bertz CT molecular complexity index is 1900. The van der Waals surface area contributed by atoms with Crippen molar-refractivity contribution in [1.29, 1.82) is 0 Å². The quantitative estimate of drug-likeness (QED) is 0.0496. The highest BCUT2D eigenvalue weighted by Gasteiger charge is 2.43. The number of nitrogens with two attached hydrogens (primary N) is 1. The van der Waals surface area contributed by atoms with Crippen molar-refractivity contribution in [3.05, 3.63) is 105 Å². The molecule has 2 aliphatic carbocycles. The van der Waals surface area contributed by atoms with Crippen LogP contribution in [0.15, 0.2) is 61.2 Å². The Hall–Kier alpha value is -5.13. The summed E-state index contributed by atoms with van der Waals surface area (Å²) in [6, 6.07) is 9.71. The van der Waals surface area contributed by atoms with Gasteiger partial charge < -0.3 is 10.6 Å². The number of aromatic nitrogens is 4. The molecule has 7 N–H and O–H groups in total. The summed E-state index contributed by atoms with van der Waals surface area (Å²) in [5, 5.41) is 6.37. The molecule has 19 heteroatoms. The van der Waals surface area contributed by atoms with E-state index < -0.39 is 46.9 Å². The molecule has 53 heavy (non-hydrogen) atoms. The van der Waals surface area contributed by atoms with Gasteiger partial charge in [-0.25, -0.2) is 34.6 Å². The molecular weight excluding hydrogens is 743 g/mol. The second kappa shape index (κ2) is 18.1. The van der Waals surface area contributed by atoms with E-state index in [0.29, 0.717) is 29.9 Å². The lowest BCUT2D eigenvalue weighted by Gasteiger charge is -2.43. The van der Waals surface area contributed by atoms with Gasteiger partial charge in [0.15, 0.2) is 0 Å². The summed E-state index contributed by atoms with van der Waals surface area (Å²) in [6.07, 6.45) is 6.41. The Morgan fingerprint density at radius 2 is 1.09 bits per heavy atom. The first kappa shape index (κ1) is 40.6. The third kappa shape index (κ3) is 9.46. The van der Waals surface area contributed by atoms with Gasteiger partial charge in [0.25, 0.3) is 11.8 Å². The van der Waals surface area contributed by atoms with Crippen LogP contribution in [0.5, 0.6) is 0 Å². The lowest BCUT2D eigenvalue weighted by Crippen LogP contribution is -2.44. The molecule has 0 bridgehead atoms. The highest BCUT2D eigenvalue weighted by Crippen LogP contribution is 2.46. The van der Waals surface area contributed by atoms with Crippen molar-refractivity contribution in [3.8, 4) is 0 Å². The summed E-state index contributed by atoms with van der Waals surface area (Å²) < 4.78 is 53.0. The first-order valence-corrected chi connectivity index (χ1v) is 17.1. The van der Waals surface area contributed by atoms with Crippen molar-refractivity contribution in [2.24, 2.45) is 5.84 Å². The van der Waals surface area contributed by atoms with E-state index in [1.165, 1.54) is 24.5 Å². The third-order valence-electron chi connectivity index (χ3n) is 8.51. The van der Waals surface area contributed by atoms with Crippen LogP contribution in [0.1, 0.15) is 84.2 Å². The van der Waals surface area contributed by atoms with Crippen molar-refractivity contribution in [2.45, 2.75) is 69.9 Å². The zero-order valence-electron chi connectivity index (χ0n) is 28.5. The molecule has 2 heterocycles.